The Morgan fingerprint density at radius 3 is 2.16 bits per heavy atom. The van der Waals surface area contributed by atoms with Gasteiger partial charge in [0.15, 0.2) is 0 Å². The van der Waals surface area contributed by atoms with E-state index >= 15 is 0 Å². The van der Waals surface area contributed by atoms with Crippen molar-refractivity contribution in [2.75, 3.05) is 7.11 Å². The SMILES string of the molecule is COC(=O)c1cc(B2OC(C)(C)C(C)(C)O2)cc(C(=O)NC2CC2)c1. The van der Waals surface area contributed by atoms with E-state index in [1.54, 1.807) is 12.1 Å². The van der Waals surface area contributed by atoms with Crippen LogP contribution in [0.5, 0.6) is 0 Å². The lowest BCUT2D eigenvalue weighted by Crippen LogP contribution is -2.41. The topological polar surface area (TPSA) is 73.9 Å². The highest BCUT2D eigenvalue weighted by molar-refractivity contribution is 6.62. The lowest BCUT2D eigenvalue weighted by atomic mass is 9.77. The maximum atomic E-state index is 12.4. The number of hydrogen-bond donors (Lipinski definition) is 1. The first-order valence-electron chi connectivity index (χ1n) is 8.53. The summed E-state index contributed by atoms with van der Waals surface area (Å²) >= 11 is 0. The molecule has 134 valence electrons. The summed E-state index contributed by atoms with van der Waals surface area (Å²) in [6, 6.07) is 5.14. The van der Waals surface area contributed by atoms with Crippen molar-refractivity contribution in [2.45, 2.75) is 57.8 Å². The number of carbonyl (C=O) groups is 2. The monoisotopic (exact) mass is 345 g/mol. The van der Waals surface area contributed by atoms with Crippen LogP contribution in [0.15, 0.2) is 18.2 Å². The van der Waals surface area contributed by atoms with Crippen LogP contribution < -0.4 is 10.8 Å². The van der Waals surface area contributed by atoms with Gasteiger partial charge in [-0.3, -0.25) is 4.79 Å². The predicted octanol–water partition coefficient (Wildman–Crippen LogP) is 1.66. The number of hydrogen-bond acceptors (Lipinski definition) is 5. The maximum Gasteiger partial charge on any atom is 0.494 e. The summed E-state index contributed by atoms with van der Waals surface area (Å²) in [5, 5.41) is 2.93. The molecule has 6 nitrogen and oxygen atoms in total. The number of carbonyl (C=O) groups excluding carboxylic acids is 2. The van der Waals surface area contributed by atoms with Gasteiger partial charge in [0.25, 0.3) is 5.91 Å². The fourth-order valence-corrected chi connectivity index (χ4v) is 2.63. The molecule has 2 fully saturated rings. The summed E-state index contributed by atoms with van der Waals surface area (Å²) in [6.45, 7) is 7.82. The average Bonchev–Trinajstić information content (AvgIpc) is 3.32. The maximum absolute atomic E-state index is 12.4. The van der Waals surface area contributed by atoms with E-state index in [0.717, 1.165) is 12.8 Å². The van der Waals surface area contributed by atoms with E-state index in [-0.39, 0.29) is 11.9 Å². The second kappa shape index (κ2) is 6.14. The fraction of sp³-hybridized carbons (Fsp3) is 0.556. The summed E-state index contributed by atoms with van der Waals surface area (Å²) in [5.41, 5.74) is 0.322. The van der Waals surface area contributed by atoms with Crippen LogP contribution in [-0.4, -0.2) is 43.3 Å². The number of nitrogens with one attached hydrogen (secondary N) is 1. The van der Waals surface area contributed by atoms with Gasteiger partial charge in [-0.25, -0.2) is 4.79 Å². The molecular formula is C18H24BNO5. The van der Waals surface area contributed by atoms with Crippen LogP contribution in [0.25, 0.3) is 0 Å². The van der Waals surface area contributed by atoms with E-state index < -0.39 is 24.3 Å². The van der Waals surface area contributed by atoms with E-state index in [1.165, 1.54) is 13.2 Å². The minimum atomic E-state index is -0.651. The molecule has 2 aliphatic rings. The minimum absolute atomic E-state index is 0.203. The second-order valence-corrected chi connectivity index (χ2v) is 7.67. The number of amides is 1. The van der Waals surface area contributed by atoms with Crippen LogP contribution in [0.2, 0.25) is 0 Å². The molecule has 1 saturated carbocycles. The van der Waals surface area contributed by atoms with Gasteiger partial charge in [-0.15, -0.1) is 0 Å². The van der Waals surface area contributed by atoms with Gasteiger partial charge >= 0.3 is 13.1 Å². The number of benzene rings is 1. The van der Waals surface area contributed by atoms with Crippen molar-refractivity contribution in [3.8, 4) is 0 Å². The smallest absolute Gasteiger partial charge is 0.465 e. The molecule has 0 bridgehead atoms. The molecule has 3 rings (SSSR count). The summed E-state index contributed by atoms with van der Waals surface area (Å²) < 4.78 is 16.9. The molecule has 0 spiro atoms. The molecule has 1 N–H and O–H groups in total. The fourth-order valence-electron chi connectivity index (χ4n) is 2.63. The molecule has 1 aliphatic heterocycles. The van der Waals surface area contributed by atoms with Crippen LogP contribution in [0.3, 0.4) is 0 Å². The van der Waals surface area contributed by atoms with Gasteiger partial charge in [-0.1, -0.05) is 0 Å². The van der Waals surface area contributed by atoms with Gasteiger partial charge < -0.3 is 19.4 Å². The third kappa shape index (κ3) is 3.57. The molecule has 0 unspecified atom stereocenters. The number of methoxy groups -OCH3 is 1. The van der Waals surface area contributed by atoms with Gasteiger partial charge in [0, 0.05) is 11.6 Å². The largest absolute Gasteiger partial charge is 0.494 e. The molecule has 25 heavy (non-hydrogen) atoms. The Morgan fingerprint density at radius 2 is 1.64 bits per heavy atom. The van der Waals surface area contributed by atoms with E-state index in [2.05, 4.69) is 5.32 Å². The molecule has 1 heterocycles. The van der Waals surface area contributed by atoms with Crippen molar-refractivity contribution < 1.29 is 23.6 Å². The van der Waals surface area contributed by atoms with Crippen LogP contribution in [-0.2, 0) is 14.0 Å². The first-order valence-corrected chi connectivity index (χ1v) is 8.53. The Hall–Kier alpha value is -1.86. The molecule has 1 aromatic rings. The molecule has 1 aliphatic carbocycles. The summed E-state index contributed by atoms with van der Waals surface area (Å²) in [7, 11) is 0.662. The van der Waals surface area contributed by atoms with E-state index in [9.17, 15) is 9.59 Å². The van der Waals surface area contributed by atoms with Gasteiger partial charge in [0.1, 0.15) is 0 Å². The van der Waals surface area contributed by atoms with Crippen molar-refractivity contribution in [2.24, 2.45) is 0 Å². The lowest BCUT2D eigenvalue weighted by molar-refractivity contribution is 0.00578. The molecule has 0 radical (unpaired) electrons. The molecule has 1 amide bonds. The molecule has 7 heteroatoms. The number of ether oxygens (including phenoxy) is 1. The first-order chi connectivity index (χ1) is 11.6. The van der Waals surface area contributed by atoms with Crippen molar-refractivity contribution in [3.63, 3.8) is 0 Å². The quantitative estimate of drug-likeness (QED) is 0.664. The molecule has 1 saturated heterocycles. The Morgan fingerprint density at radius 1 is 1.08 bits per heavy atom. The van der Waals surface area contributed by atoms with Gasteiger partial charge in [-0.2, -0.15) is 0 Å². The molecule has 0 aromatic heterocycles. The highest BCUT2D eigenvalue weighted by Gasteiger charge is 2.51. The number of rotatable bonds is 4. The lowest BCUT2D eigenvalue weighted by Gasteiger charge is -2.32. The predicted molar refractivity (Wildman–Crippen MR) is 94.0 cm³/mol. The second-order valence-electron chi connectivity index (χ2n) is 7.67. The summed E-state index contributed by atoms with van der Waals surface area (Å²) in [6.07, 6.45) is 1.99. The van der Waals surface area contributed by atoms with Crippen molar-refractivity contribution in [1.29, 1.82) is 0 Å². The highest BCUT2D eigenvalue weighted by Crippen LogP contribution is 2.36. The Bertz CT molecular complexity index is 695. The van der Waals surface area contributed by atoms with Gasteiger partial charge in [0.2, 0.25) is 0 Å². The zero-order valence-electron chi connectivity index (χ0n) is 15.3. The van der Waals surface area contributed by atoms with E-state index in [0.29, 0.717) is 16.6 Å². The standard InChI is InChI=1S/C18H24BNO5/c1-17(2)18(3,4)25-19(24-17)13-9-11(15(21)20-14-6-7-14)8-12(10-13)16(22)23-5/h8-10,14H,6-7H2,1-5H3,(H,20,21). The molecular weight excluding hydrogens is 321 g/mol. The van der Waals surface area contributed by atoms with Crippen molar-refractivity contribution in [3.05, 3.63) is 29.3 Å². The third-order valence-electron chi connectivity index (χ3n) is 5.08. The normalized spacial score (nSPS) is 21.1. The Balaban J connectivity index is 1.95. The van der Waals surface area contributed by atoms with Crippen LogP contribution in [0.4, 0.5) is 0 Å². The molecule has 0 atom stereocenters. The van der Waals surface area contributed by atoms with E-state index in [1.807, 2.05) is 27.7 Å². The summed E-state index contributed by atoms with van der Waals surface area (Å²) in [4.78, 5) is 24.4. The van der Waals surface area contributed by atoms with Crippen molar-refractivity contribution >= 4 is 24.5 Å². The highest BCUT2D eigenvalue weighted by atomic mass is 16.7. The Labute approximate surface area is 148 Å². The Kier molecular flexibility index (Phi) is 4.41. The van der Waals surface area contributed by atoms with Gasteiger partial charge in [0.05, 0.1) is 23.9 Å². The van der Waals surface area contributed by atoms with Crippen molar-refractivity contribution in [1.82, 2.24) is 5.32 Å². The van der Waals surface area contributed by atoms with Crippen LogP contribution >= 0.6 is 0 Å². The van der Waals surface area contributed by atoms with Crippen LogP contribution in [0.1, 0.15) is 61.3 Å². The van der Waals surface area contributed by atoms with Crippen LogP contribution in [0, 0.1) is 0 Å². The van der Waals surface area contributed by atoms with E-state index in [4.69, 9.17) is 14.0 Å². The average molecular weight is 345 g/mol. The number of esters is 1. The molecule has 1 aromatic carbocycles. The first kappa shape index (κ1) is 18.0. The third-order valence-corrected chi connectivity index (χ3v) is 5.08. The zero-order chi connectivity index (χ0) is 18.4. The minimum Gasteiger partial charge on any atom is -0.465 e. The van der Waals surface area contributed by atoms with Gasteiger partial charge in [-0.05, 0) is 64.2 Å². The summed E-state index contributed by atoms with van der Waals surface area (Å²) in [5.74, 6) is -0.704. The zero-order valence-corrected chi connectivity index (χ0v) is 15.3.